The van der Waals surface area contributed by atoms with Gasteiger partial charge in [-0.1, -0.05) is 11.6 Å². The summed E-state index contributed by atoms with van der Waals surface area (Å²) < 4.78 is 0. The van der Waals surface area contributed by atoms with Crippen molar-refractivity contribution in [1.29, 1.82) is 0 Å². The lowest BCUT2D eigenvalue weighted by Crippen LogP contribution is -2.49. The molecule has 1 saturated heterocycles. The predicted molar refractivity (Wildman–Crippen MR) is 88.2 cm³/mol. The first-order valence-electron chi connectivity index (χ1n) is 7.50. The summed E-state index contributed by atoms with van der Waals surface area (Å²) in [5.74, 6) is 0.704. The van der Waals surface area contributed by atoms with Gasteiger partial charge in [0.15, 0.2) is 5.96 Å². The third-order valence-corrected chi connectivity index (χ3v) is 4.47. The maximum Gasteiger partial charge on any atom is 0.191 e. The molecule has 2 heterocycles. The van der Waals surface area contributed by atoms with Crippen LogP contribution in [0.15, 0.2) is 29.3 Å². The minimum absolute atomic E-state index is 0.704. The molecule has 0 unspecified atom stereocenters. The second-order valence-electron chi connectivity index (χ2n) is 5.53. The van der Waals surface area contributed by atoms with Crippen molar-refractivity contribution in [2.45, 2.75) is 0 Å². The Balaban J connectivity index is 1.44. The number of hydrogen-bond donors (Lipinski definition) is 1. The van der Waals surface area contributed by atoms with Gasteiger partial charge in [-0.05, 0) is 24.3 Å². The first-order valence-corrected chi connectivity index (χ1v) is 7.88. The molecule has 1 aromatic carbocycles. The Morgan fingerprint density at radius 1 is 1.00 bits per heavy atom. The summed E-state index contributed by atoms with van der Waals surface area (Å²) in [6.45, 7) is 8.16. The van der Waals surface area contributed by atoms with Crippen LogP contribution >= 0.6 is 11.6 Å². The van der Waals surface area contributed by atoms with Crippen molar-refractivity contribution in [3.05, 3.63) is 29.3 Å². The Morgan fingerprint density at radius 2 is 1.71 bits per heavy atom. The van der Waals surface area contributed by atoms with E-state index in [4.69, 9.17) is 17.3 Å². The molecule has 21 heavy (non-hydrogen) atoms. The molecule has 2 aliphatic rings. The number of hydrogen-bond acceptors (Lipinski definition) is 5. The van der Waals surface area contributed by atoms with Gasteiger partial charge >= 0.3 is 0 Å². The number of anilines is 1. The second-order valence-corrected chi connectivity index (χ2v) is 5.97. The molecule has 1 aromatic rings. The van der Waals surface area contributed by atoms with E-state index in [1.807, 2.05) is 12.1 Å². The van der Waals surface area contributed by atoms with Gasteiger partial charge in [-0.15, -0.1) is 0 Å². The summed E-state index contributed by atoms with van der Waals surface area (Å²) in [4.78, 5) is 11.3. The van der Waals surface area contributed by atoms with Gasteiger partial charge in [0, 0.05) is 56.5 Å². The highest BCUT2D eigenvalue weighted by atomic mass is 35.5. The smallest absolute Gasteiger partial charge is 0.191 e. The van der Waals surface area contributed by atoms with Crippen molar-refractivity contribution in [1.82, 2.24) is 9.80 Å². The van der Waals surface area contributed by atoms with Gasteiger partial charge in [0.1, 0.15) is 0 Å². The van der Waals surface area contributed by atoms with Gasteiger partial charge in [0.25, 0.3) is 0 Å². The van der Waals surface area contributed by atoms with E-state index in [-0.39, 0.29) is 0 Å². The van der Waals surface area contributed by atoms with Gasteiger partial charge in [0.2, 0.25) is 0 Å². The van der Waals surface area contributed by atoms with E-state index >= 15 is 0 Å². The zero-order valence-corrected chi connectivity index (χ0v) is 13.0. The first-order chi connectivity index (χ1) is 10.2. The van der Waals surface area contributed by atoms with E-state index < -0.39 is 0 Å². The van der Waals surface area contributed by atoms with Crippen molar-refractivity contribution in [2.75, 3.05) is 57.3 Å². The molecule has 0 aliphatic carbocycles. The van der Waals surface area contributed by atoms with Crippen LogP contribution in [0.25, 0.3) is 0 Å². The first kappa shape index (κ1) is 14.5. The summed E-state index contributed by atoms with van der Waals surface area (Å²) in [5, 5.41) is 0.794. The van der Waals surface area contributed by atoms with Crippen LogP contribution in [0.4, 0.5) is 5.69 Å². The van der Waals surface area contributed by atoms with Crippen LogP contribution in [-0.2, 0) is 0 Å². The van der Waals surface area contributed by atoms with E-state index in [0.717, 1.165) is 57.4 Å². The van der Waals surface area contributed by atoms with Crippen molar-refractivity contribution in [3.8, 4) is 0 Å². The highest BCUT2D eigenvalue weighted by molar-refractivity contribution is 6.30. The lowest BCUT2D eigenvalue weighted by atomic mass is 10.2. The largest absolute Gasteiger partial charge is 0.370 e. The Morgan fingerprint density at radius 3 is 2.33 bits per heavy atom. The van der Waals surface area contributed by atoms with Crippen LogP contribution in [0.2, 0.25) is 5.02 Å². The molecule has 5 nitrogen and oxygen atoms in total. The molecule has 3 rings (SSSR count). The average molecular weight is 308 g/mol. The molecule has 0 radical (unpaired) electrons. The Hall–Kier alpha value is -1.46. The summed E-state index contributed by atoms with van der Waals surface area (Å²) in [5.41, 5.74) is 7.10. The molecule has 0 saturated carbocycles. The lowest BCUT2D eigenvalue weighted by Gasteiger charge is -2.36. The molecule has 0 bridgehead atoms. The number of nitrogens with two attached hydrogens (primary N) is 1. The van der Waals surface area contributed by atoms with Crippen LogP contribution < -0.4 is 10.6 Å². The maximum atomic E-state index is 5.94. The summed E-state index contributed by atoms with van der Waals surface area (Å²) in [6.07, 6.45) is 0. The van der Waals surface area contributed by atoms with Crippen molar-refractivity contribution < 1.29 is 0 Å². The van der Waals surface area contributed by atoms with E-state index in [2.05, 4.69) is 31.8 Å². The van der Waals surface area contributed by atoms with Gasteiger partial charge in [-0.2, -0.15) is 0 Å². The molecule has 1 fully saturated rings. The number of piperazine rings is 1. The molecule has 2 N–H and O–H groups in total. The van der Waals surface area contributed by atoms with Crippen LogP contribution in [0, 0.1) is 0 Å². The molecule has 0 amide bonds. The number of rotatable bonds is 4. The minimum atomic E-state index is 0.704. The lowest BCUT2D eigenvalue weighted by molar-refractivity contribution is 0.237. The van der Waals surface area contributed by atoms with Gasteiger partial charge in [0.05, 0.1) is 6.54 Å². The number of guanidine groups is 1. The van der Waals surface area contributed by atoms with Crippen LogP contribution in [-0.4, -0.2) is 68.1 Å². The Bertz CT molecular complexity index is 493. The Kier molecular flexibility index (Phi) is 4.51. The number of aliphatic imine (C=N–C) groups is 1. The molecule has 114 valence electrons. The van der Waals surface area contributed by atoms with Gasteiger partial charge < -0.3 is 15.5 Å². The molecule has 0 aromatic heterocycles. The second kappa shape index (κ2) is 6.54. The normalized spacial score (nSPS) is 20.0. The van der Waals surface area contributed by atoms with E-state index in [9.17, 15) is 0 Å². The molecule has 2 aliphatic heterocycles. The topological polar surface area (TPSA) is 48.1 Å². The summed E-state index contributed by atoms with van der Waals surface area (Å²) in [6, 6.07) is 8.11. The van der Waals surface area contributed by atoms with Crippen molar-refractivity contribution in [3.63, 3.8) is 0 Å². The molecule has 6 heteroatoms. The van der Waals surface area contributed by atoms with Gasteiger partial charge in [-0.25, -0.2) is 0 Å². The van der Waals surface area contributed by atoms with Gasteiger partial charge in [-0.3, -0.25) is 9.89 Å². The number of nitrogens with zero attached hydrogens (tertiary/aromatic N) is 4. The van der Waals surface area contributed by atoms with Crippen molar-refractivity contribution in [2.24, 2.45) is 10.7 Å². The zero-order valence-electron chi connectivity index (χ0n) is 12.2. The third-order valence-electron chi connectivity index (χ3n) is 4.22. The fourth-order valence-corrected chi connectivity index (χ4v) is 3.00. The quantitative estimate of drug-likeness (QED) is 0.905. The number of benzene rings is 1. The summed E-state index contributed by atoms with van der Waals surface area (Å²) in [7, 11) is 0. The van der Waals surface area contributed by atoms with E-state index in [1.54, 1.807) is 0 Å². The SMILES string of the molecule is NC1=NCCN1CCN1CCN(c2ccc(Cl)cc2)CC1. The molecule has 0 atom stereocenters. The predicted octanol–water partition coefficient (Wildman–Crippen LogP) is 1.09. The van der Waals surface area contributed by atoms with Crippen molar-refractivity contribution >= 4 is 23.2 Å². The Labute approximate surface area is 131 Å². The fourth-order valence-electron chi connectivity index (χ4n) is 2.87. The highest BCUT2D eigenvalue weighted by Gasteiger charge is 2.19. The monoisotopic (exact) mass is 307 g/mol. The molecule has 0 spiro atoms. The van der Waals surface area contributed by atoms with Crippen LogP contribution in [0.1, 0.15) is 0 Å². The van der Waals surface area contributed by atoms with E-state index in [1.165, 1.54) is 5.69 Å². The molecular weight excluding hydrogens is 286 g/mol. The molecular formula is C15H22ClN5. The number of halogens is 1. The fraction of sp³-hybridized carbons (Fsp3) is 0.533. The third kappa shape index (κ3) is 3.60. The van der Waals surface area contributed by atoms with Crippen LogP contribution in [0.3, 0.4) is 0 Å². The summed E-state index contributed by atoms with van der Waals surface area (Å²) >= 11 is 5.94. The highest BCUT2D eigenvalue weighted by Crippen LogP contribution is 2.19. The minimum Gasteiger partial charge on any atom is -0.370 e. The van der Waals surface area contributed by atoms with Crippen LogP contribution in [0.5, 0.6) is 0 Å². The zero-order chi connectivity index (χ0) is 14.7. The van der Waals surface area contributed by atoms with E-state index in [0.29, 0.717) is 5.96 Å². The standard InChI is InChI=1S/C15H22ClN5/c16-13-1-3-14(4-2-13)20-10-7-19(8-11-20)9-12-21-6-5-18-15(21)17/h1-4H,5-12H2,(H2,17,18). The average Bonchev–Trinajstić information content (AvgIpc) is 2.92. The maximum absolute atomic E-state index is 5.94.